The van der Waals surface area contributed by atoms with Gasteiger partial charge in [0.05, 0.1) is 11.4 Å². The molecule has 1 aliphatic carbocycles. The van der Waals surface area contributed by atoms with Gasteiger partial charge in [-0.05, 0) is 37.8 Å². The second kappa shape index (κ2) is 3.07. The van der Waals surface area contributed by atoms with E-state index in [1.54, 1.807) is 13.0 Å². The first kappa shape index (κ1) is 8.63. The molecular weight excluding hydrogens is 167 g/mol. The van der Waals surface area contributed by atoms with Crippen LogP contribution in [0.3, 0.4) is 0 Å². The molecule has 1 heterocycles. The van der Waals surface area contributed by atoms with Gasteiger partial charge in [-0.15, -0.1) is 0 Å². The van der Waals surface area contributed by atoms with Crippen molar-refractivity contribution in [3.63, 3.8) is 0 Å². The quantitative estimate of drug-likeness (QED) is 0.755. The van der Waals surface area contributed by atoms with Crippen molar-refractivity contribution < 1.29 is 4.39 Å². The molecule has 0 bridgehead atoms. The number of aromatic nitrogens is 1. The number of nitrogens with zero attached hydrogens (tertiary/aromatic N) is 1. The minimum atomic E-state index is -0.258. The van der Waals surface area contributed by atoms with Gasteiger partial charge in [0.2, 0.25) is 0 Å². The average Bonchev–Trinajstić information content (AvgIpc) is 2.91. The Morgan fingerprint density at radius 3 is 2.77 bits per heavy atom. The molecule has 2 N–H and O–H groups in total. The second-order valence-electron chi connectivity index (χ2n) is 3.67. The Bertz CT molecular complexity index is 321. The molecule has 3 heteroatoms. The minimum absolute atomic E-state index is 0.000648. The van der Waals surface area contributed by atoms with E-state index in [4.69, 9.17) is 5.73 Å². The fourth-order valence-electron chi connectivity index (χ4n) is 1.45. The van der Waals surface area contributed by atoms with E-state index in [1.165, 1.54) is 18.9 Å². The average molecular weight is 180 g/mol. The van der Waals surface area contributed by atoms with Crippen LogP contribution in [-0.4, -0.2) is 4.98 Å². The summed E-state index contributed by atoms with van der Waals surface area (Å²) in [4.78, 5) is 4.13. The van der Waals surface area contributed by atoms with E-state index in [0.29, 0.717) is 11.6 Å². The topological polar surface area (TPSA) is 38.9 Å². The van der Waals surface area contributed by atoms with Crippen molar-refractivity contribution in [3.05, 3.63) is 29.3 Å². The van der Waals surface area contributed by atoms with Gasteiger partial charge in [-0.3, -0.25) is 4.98 Å². The molecule has 70 valence electrons. The number of hydrogen-bond donors (Lipinski definition) is 1. The Labute approximate surface area is 77.0 Å². The summed E-state index contributed by atoms with van der Waals surface area (Å²) in [7, 11) is 0. The van der Waals surface area contributed by atoms with Crippen LogP contribution < -0.4 is 5.73 Å². The number of nitrogens with two attached hydrogens (primary N) is 1. The van der Waals surface area contributed by atoms with E-state index < -0.39 is 0 Å². The van der Waals surface area contributed by atoms with E-state index >= 15 is 0 Å². The lowest BCUT2D eigenvalue weighted by Gasteiger charge is -2.09. The maximum Gasteiger partial charge on any atom is 0.144 e. The second-order valence-corrected chi connectivity index (χ2v) is 3.67. The normalized spacial score (nSPS) is 18.7. The lowest BCUT2D eigenvalue weighted by atomic mass is 10.1. The first-order chi connectivity index (χ1) is 6.18. The van der Waals surface area contributed by atoms with Crippen molar-refractivity contribution >= 4 is 0 Å². The van der Waals surface area contributed by atoms with Gasteiger partial charge in [0.1, 0.15) is 5.82 Å². The molecule has 1 aromatic rings. The fourth-order valence-corrected chi connectivity index (χ4v) is 1.45. The summed E-state index contributed by atoms with van der Waals surface area (Å²) in [6.07, 6.45) is 2.36. The lowest BCUT2D eigenvalue weighted by Crippen LogP contribution is -2.14. The predicted molar refractivity (Wildman–Crippen MR) is 48.6 cm³/mol. The summed E-state index contributed by atoms with van der Waals surface area (Å²) in [6, 6.07) is 3.13. The highest BCUT2D eigenvalue weighted by Crippen LogP contribution is 2.38. The van der Waals surface area contributed by atoms with Gasteiger partial charge < -0.3 is 5.73 Å². The fraction of sp³-hybridized carbons (Fsp3) is 0.500. The van der Waals surface area contributed by atoms with Gasteiger partial charge in [-0.1, -0.05) is 0 Å². The predicted octanol–water partition coefficient (Wildman–Crippen LogP) is 1.94. The zero-order chi connectivity index (χ0) is 9.42. The highest BCUT2D eigenvalue weighted by molar-refractivity contribution is 5.16. The third-order valence-electron chi connectivity index (χ3n) is 2.51. The largest absolute Gasteiger partial charge is 0.322 e. The maximum absolute atomic E-state index is 12.9. The van der Waals surface area contributed by atoms with Gasteiger partial charge in [0, 0.05) is 6.04 Å². The van der Waals surface area contributed by atoms with Crippen molar-refractivity contribution in [2.45, 2.75) is 25.8 Å². The van der Waals surface area contributed by atoms with Crippen molar-refractivity contribution in [1.29, 1.82) is 0 Å². The van der Waals surface area contributed by atoms with Crippen LogP contribution in [0.5, 0.6) is 0 Å². The van der Waals surface area contributed by atoms with Gasteiger partial charge in [-0.25, -0.2) is 4.39 Å². The number of aryl methyl sites for hydroxylation is 1. The van der Waals surface area contributed by atoms with Crippen LogP contribution in [0.25, 0.3) is 0 Å². The SMILES string of the molecule is Cc1nc([C@H](N)C2CC2)ccc1F. The van der Waals surface area contributed by atoms with Crippen LogP contribution in [0.4, 0.5) is 4.39 Å². The first-order valence-corrected chi connectivity index (χ1v) is 4.57. The standard InChI is InChI=1S/C10H13FN2/c1-6-8(11)4-5-9(13-6)10(12)7-2-3-7/h4-5,7,10H,2-3,12H2,1H3/t10-/m1/s1. The van der Waals surface area contributed by atoms with Crippen molar-refractivity contribution in [1.82, 2.24) is 4.98 Å². The van der Waals surface area contributed by atoms with E-state index in [2.05, 4.69) is 4.98 Å². The summed E-state index contributed by atoms with van der Waals surface area (Å²) in [5, 5.41) is 0. The third-order valence-corrected chi connectivity index (χ3v) is 2.51. The Morgan fingerprint density at radius 1 is 1.54 bits per heavy atom. The summed E-state index contributed by atoms with van der Waals surface area (Å²) >= 11 is 0. The van der Waals surface area contributed by atoms with Crippen LogP contribution in [0.1, 0.15) is 30.3 Å². The third kappa shape index (κ3) is 1.70. The zero-order valence-electron chi connectivity index (χ0n) is 7.63. The lowest BCUT2D eigenvalue weighted by molar-refractivity contribution is 0.582. The molecule has 0 amide bonds. The molecule has 0 unspecified atom stereocenters. The Hall–Kier alpha value is -0.960. The molecule has 0 spiro atoms. The number of halogens is 1. The molecule has 13 heavy (non-hydrogen) atoms. The maximum atomic E-state index is 12.9. The molecule has 1 atom stereocenters. The van der Waals surface area contributed by atoms with Gasteiger partial charge >= 0.3 is 0 Å². The molecule has 0 saturated heterocycles. The van der Waals surface area contributed by atoms with Crippen LogP contribution in [-0.2, 0) is 0 Å². The molecule has 1 aliphatic rings. The number of pyridine rings is 1. The number of hydrogen-bond acceptors (Lipinski definition) is 2. The molecule has 0 radical (unpaired) electrons. The molecule has 1 saturated carbocycles. The van der Waals surface area contributed by atoms with E-state index in [0.717, 1.165) is 5.69 Å². The summed E-state index contributed by atoms with van der Waals surface area (Å²) in [5.74, 6) is 0.309. The molecular formula is C10H13FN2. The highest BCUT2D eigenvalue weighted by Gasteiger charge is 2.30. The van der Waals surface area contributed by atoms with Crippen LogP contribution in [0.2, 0.25) is 0 Å². The molecule has 1 fully saturated rings. The van der Waals surface area contributed by atoms with E-state index in [-0.39, 0.29) is 11.9 Å². The smallest absolute Gasteiger partial charge is 0.144 e. The molecule has 2 nitrogen and oxygen atoms in total. The number of rotatable bonds is 2. The van der Waals surface area contributed by atoms with Crippen molar-refractivity contribution in [3.8, 4) is 0 Å². The Morgan fingerprint density at radius 2 is 2.23 bits per heavy atom. The Kier molecular flexibility index (Phi) is 2.04. The van der Waals surface area contributed by atoms with Gasteiger partial charge in [0.15, 0.2) is 0 Å². The van der Waals surface area contributed by atoms with E-state index in [1.807, 2.05) is 0 Å². The highest BCUT2D eigenvalue weighted by atomic mass is 19.1. The molecule has 0 aliphatic heterocycles. The minimum Gasteiger partial charge on any atom is -0.322 e. The summed E-state index contributed by atoms with van der Waals surface area (Å²) < 4.78 is 12.9. The zero-order valence-corrected chi connectivity index (χ0v) is 7.63. The van der Waals surface area contributed by atoms with Crippen LogP contribution >= 0.6 is 0 Å². The first-order valence-electron chi connectivity index (χ1n) is 4.57. The summed E-state index contributed by atoms with van der Waals surface area (Å²) in [6.45, 7) is 1.67. The van der Waals surface area contributed by atoms with E-state index in [9.17, 15) is 4.39 Å². The molecule has 1 aromatic heterocycles. The van der Waals surface area contributed by atoms with Crippen molar-refractivity contribution in [2.75, 3.05) is 0 Å². The van der Waals surface area contributed by atoms with Crippen LogP contribution in [0, 0.1) is 18.7 Å². The van der Waals surface area contributed by atoms with Crippen LogP contribution in [0.15, 0.2) is 12.1 Å². The monoisotopic (exact) mass is 180 g/mol. The molecule has 0 aromatic carbocycles. The van der Waals surface area contributed by atoms with Gasteiger partial charge in [0.25, 0.3) is 0 Å². The Balaban J connectivity index is 2.24. The summed E-state index contributed by atoms with van der Waals surface area (Å²) in [5.41, 5.74) is 7.19. The molecule has 2 rings (SSSR count). The van der Waals surface area contributed by atoms with Gasteiger partial charge in [-0.2, -0.15) is 0 Å². The van der Waals surface area contributed by atoms with Crippen molar-refractivity contribution in [2.24, 2.45) is 11.7 Å².